The van der Waals surface area contributed by atoms with Crippen LogP contribution in [-0.4, -0.2) is 83.5 Å². The lowest BCUT2D eigenvalue weighted by atomic mass is 10.0. The smallest absolute Gasteiger partial charge is 0.305 e. The van der Waals surface area contributed by atoms with E-state index in [1.165, 1.54) is 18.6 Å². The number of hydrogen-bond donors (Lipinski definition) is 4. The lowest BCUT2D eigenvalue weighted by Crippen LogP contribution is -2.47. The second-order valence-electron chi connectivity index (χ2n) is 9.73. The van der Waals surface area contributed by atoms with E-state index in [9.17, 15) is 18.8 Å². The molecule has 3 aromatic heterocycles. The van der Waals surface area contributed by atoms with E-state index in [4.69, 9.17) is 15.2 Å². The number of esters is 1. The Morgan fingerprint density at radius 3 is 2.65 bits per heavy atom. The maximum atomic E-state index is 14.5. The van der Waals surface area contributed by atoms with Crippen LogP contribution in [0.4, 0.5) is 16.0 Å². The number of pyridine rings is 2. The third-order valence-corrected chi connectivity index (χ3v) is 6.89. The van der Waals surface area contributed by atoms with E-state index >= 15 is 0 Å². The Morgan fingerprint density at radius 2 is 1.91 bits per heavy atom. The molecule has 43 heavy (non-hydrogen) atoms. The van der Waals surface area contributed by atoms with Gasteiger partial charge in [-0.25, -0.2) is 14.4 Å². The number of carbonyl (C=O) groups is 3. The molecule has 1 fully saturated rings. The van der Waals surface area contributed by atoms with Gasteiger partial charge in [0, 0.05) is 70.8 Å². The number of hydrogen-bond acceptors (Lipinski definition) is 12. The van der Waals surface area contributed by atoms with Crippen molar-refractivity contribution in [2.75, 3.05) is 56.3 Å². The summed E-state index contributed by atoms with van der Waals surface area (Å²) in [5, 5.41) is 2.98. The van der Waals surface area contributed by atoms with Gasteiger partial charge in [-0.15, -0.1) is 0 Å². The number of halogens is 1. The second-order valence-corrected chi connectivity index (χ2v) is 9.73. The number of anilines is 2. The van der Waals surface area contributed by atoms with Crippen molar-refractivity contribution < 1.29 is 29.7 Å². The van der Waals surface area contributed by atoms with Crippen LogP contribution >= 0.6 is 0 Å². The molecule has 0 radical (unpaired) electrons. The van der Waals surface area contributed by atoms with E-state index in [1.54, 1.807) is 25.3 Å². The van der Waals surface area contributed by atoms with Crippen LogP contribution in [0, 0.1) is 5.82 Å². The van der Waals surface area contributed by atoms with Gasteiger partial charge in [0.15, 0.2) is 23.2 Å². The topological polar surface area (TPSA) is 191 Å². The highest BCUT2D eigenvalue weighted by Crippen LogP contribution is 2.27. The molecule has 0 aromatic carbocycles. The lowest BCUT2D eigenvalue weighted by Gasteiger charge is -2.35. The number of nitrogens with one attached hydrogen (secondary N) is 2. The number of ketones is 2. The van der Waals surface area contributed by atoms with Crippen LogP contribution in [0.5, 0.6) is 0 Å². The number of carbonyl (C=O) groups excluding carboxylic acids is 3. The number of nitrogens with zero attached hydrogens (tertiary/aromatic N) is 4. The monoisotopic (exact) mass is 600 g/mol. The zero-order chi connectivity index (χ0) is 29.9. The van der Waals surface area contributed by atoms with Crippen molar-refractivity contribution >= 4 is 40.1 Å². The fraction of sp³-hybridized carbons (Fsp3) is 0.414. The molecular formula is C29H41FN8O5. The third-order valence-electron chi connectivity index (χ3n) is 6.89. The minimum Gasteiger partial charge on any atom is -0.466 e. The molecule has 0 aliphatic carbocycles. The normalized spacial score (nSPS) is 13.7. The minimum atomic E-state index is -0.614. The summed E-state index contributed by atoms with van der Waals surface area (Å²) in [4.78, 5) is 52.8. The molecule has 14 heteroatoms. The summed E-state index contributed by atoms with van der Waals surface area (Å²) in [5.41, 5.74) is 6.46. The standard InChI is InChI=1S/C29H36FN7O5.H3N.H2/c1-2-42-25(40)8-4-3-7-23(38)20-6-5-10-33-29(20)37-14-12-36(13-15-37)19-41-18-24(39)21-16-34-27-26(21)22(30)17-35-28(27)32-11-9-31;;/h5-6,9-11,16-17,34H,2-4,7-8,12-15,18-19,31H2,1H3,(H,32,35);1H3;1H/b11-9-;;. The first-order chi connectivity index (χ1) is 20.4. The number of ether oxygens (including phenoxy) is 2. The molecule has 0 unspecified atom stereocenters. The maximum absolute atomic E-state index is 14.5. The van der Waals surface area contributed by atoms with Crippen LogP contribution in [0.25, 0.3) is 10.9 Å². The van der Waals surface area contributed by atoms with Crippen LogP contribution in [0.3, 0.4) is 0 Å². The third kappa shape index (κ3) is 8.56. The first-order valence-electron chi connectivity index (χ1n) is 13.9. The van der Waals surface area contributed by atoms with Crippen molar-refractivity contribution in [2.45, 2.75) is 32.6 Å². The summed E-state index contributed by atoms with van der Waals surface area (Å²) in [6.07, 6.45) is 8.74. The molecule has 1 aliphatic rings. The van der Waals surface area contributed by atoms with Gasteiger partial charge in [-0.1, -0.05) is 0 Å². The van der Waals surface area contributed by atoms with Gasteiger partial charge in [0.2, 0.25) is 0 Å². The average molecular weight is 601 g/mol. The van der Waals surface area contributed by atoms with Crippen molar-refractivity contribution in [3.63, 3.8) is 0 Å². The molecule has 1 aliphatic heterocycles. The Kier molecular flexibility index (Phi) is 12.5. The number of rotatable bonds is 15. The number of H-pyrrole nitrogens is 1. The van der Waals surface area contributed by atoms with Crippen LogP contribution in [-0.2, 0) is 14.3 Å². The summed E-state index contributed by atoms with van der Waals surface area (Å²) < 4.78 is 25.2. The number of unbranched alkanes of at least 4 members (excludes halogenated alkanes) is 1. The summed E-state index contributed by atoms with van der Waals surface area (Å²) >= 11 is 0. The predicted octanol–water partition coefficient (Wildman–Crippen LogP) is 3.63. The van der Waals surface area contributed by atoms with E-state index in [-0.39, 0.29) is 49.4 Å². The molecule has 0 bridgehead atoms. The highest BCUT2D eigenvalue weighted by atomic mass is 19.1. The molecule has 4 heterocycles. The summed E-state index contributed by atoms with van der Waals surface area (Å²) in [5.74, 6) is -0.227. The highest BCUT2D eigenvalue weighted by Gasteiger charge is 2.23. The number of Topliss-reactive ketones (excluding diaryl/α,β-unsaturated/α-hetero) is 2. The summed E-state index contributed by atoms with van der Waals surface area (Å²) in [6.45, 7) is 4.69. The van der Waals surface area contributed by atoms with E-state index in [0.29, 0.717) is 81.2 Å². The first-order valence-corrected chi connectivity index (χ1v) is 13.9. The zero-order valence-corrected chi connectivity index (χ0v) is 24.3. The van der Waals surface area contributed by atoms with Gasteiger partial charge in [-0.2, -0.15) is 0 Å². The number of fused-ring (bicyclic) bond motifs is 1. The number of nitrogens with two attached hydrogens (primary N) is 1. The molecular weight excluding hydrogens is 559 g/mol. The second kappa shape index (κ2) is 16.3. The molecule has 0 amide bonds. The minimum absolute atomic E-state index is 0. The Hall–Kier alpha value is -4.40. The van der Waals surface area contributed by atoms with E-state index in [1.807, 2.05) is 0 Å². The molecule has 0 saturated carbocycles. The molecule has 234 valence electrons. The van der Waals surface area contributed by atoms with Gasteiger partial charge in [0.25, 0.3) is 0 Å². The Morgan fingerprint density at radius 1 is 1.14 bits per heavy atom. The zero-order valence-electron chi connectivity index (χ0n) is 24.3. The predicted molar refractivity (Wildman–Crippen MR) is 163 cm³/mol. The molecule has 3 aromatic rings. The maximum Gasteiger partial charge on any atom is 0.305 e. The van der Waals surface area contributed by atoms with Gasteiger partial charge in [-0.05, 0) is 31.9 Å². The van der Waals surface area contributed by atoms with Crippen LogP contribution in [0.1, 0.15) is 54.7 Å². The molecule has 13 nitrogen and oxygen atoms in total. The van der Waals surface area contributed by atoms with Gasteiger partial charge in [-0.3, -0.25) is 19.3 Å². The highest BCUT2D eigenvalue weighted by molar-refractivity contribution is 6.10. The van der Waals surface area contributed by atoms with E-state index < -0.39 is 5.82 Å². The molecule has 7 N–H and O–H groups in total. The fourth-order valence-electron chi connectivity index (χ4n) is 4.79. The quantitative estimate of drug-likeness (QED) is 0.113. The van der Waals surface area contributed by atoms with Gasteiger partial charge in [0.1, 0.15) is 12.4 Å². The summed E-state index contributed by atoms with van der Waals surface area (Å²) in [7, 11) is 0. The molecule has 0 spiro atoms. The van der Waals surface area contributed by atoms with Crippen molar-refractivity contribution in [3.8, 4) is 0 Å². The average Bonchev–Trinajstić information content (AvgIpc) is 3.46. The molecule has 0 atom stereocenters. The van der Waals surface area contributed by atoms with Crippen LogP contribution < -0.4 is 22.1 Å². The number of aromatic amines is 1. The lowest BCUT2D eigenvalue weighted by molar-refractivity contribution is -0.143. The molecule has 1 saturated heterocycles. The van der Waals surface area contributed by atoms with E-state index in [2.05, 4.69) is 30.1 Å². The van der Waals surface area contributed by atoms with Crippen molar-refractivity contribution in [2.24, 2.45) is 5.73 Å². The Balaban J connectivity index is 0.00000337. The van der Waals surface area contributed by atoms with Crippen molar-refractivity contribution in [3.05, 3.63) is 60.1 Å². The summed E-state index contributed by atoms with van der Waals surface area (Å²) in [6, 6.07) is 3.54. The van der Waals surface area contributed by atoms with Gasteiger partial charge >= 0.3 is 5.97 Å². The Bertz CT molecular complexity index is 1430. The largest absolute Gasteiger partial charge is 0.466 e. The number of aromatic nitrogens is 3. The van der Waals surface area contributed by atoms with Gasteiger partial charge < -0.3 is 36.6 Å². The van der Waals surface area contributed by atoms with Crippen molar-refractivity contribution in [1.82, 2.24) is 26.0 Å². The van der Waals surface area contributed by atoms with Crippen molar-refractivity contribution in [1.29, 1.82) is 0 Å². The Labute approximate surface area is 250 Å². The van der Waals surface area contributed by atoms with Gasteiger partial charge in [0.05, 0.1) is 36.0 Å². The SMILES string of the molecule is CCOC(=O)CCCCC(=O)c1cccnc1N1CCN(COCC(=O)c2c[nH]c3c(N/C=C\N)ncc(F)c23)CC1.N.[HH]. The number of piperazine rings is 1. The van der Waals surface area contributed by atoms with Crippen LogP contribution in [0.2, 0.25) is 0 Å². The first kappa shape index (κ1) is 33.1. The van der Waals surface area contributed by atoms with E-state index in [0.717, 1.165) is 6.20 Å². The fourth-order valence-corrected chi connectivity index (χ4v) is 4.79. The molecule has 4 rings (SSSR count). The van der Waals surface area contributed by atoms with Crippen LogP contribution in [0.15, 0.2) is 43.1 Å².